The van der Waals surface area contributed by atoms with Gasteiger partial charge in [-0.05, 0) is 39.1 Å². The Bertz CT molecular complexity index is 1050. The summed E-state index contributed by atoms with van der Waals surface area (Å²) in [5, 5.41) is 4.78. The van der Waals surface area contributed by atoms with Crippen LogP contribution in [-0.4, -0.2) is 5.78 Å². The monoisotopic (exact) mass is 324 g/mol. The summed E-state index contributed by atoms with van der Waals surface area (Å²) < 4.78 is 0. The van der Waals surface area contributed by atoms with Crippen LogP contribution in [0.5, 0.6) is 0 Å². The Morgan fingerprint density at radius 3 is 2.28 bits per heavy atom. The Balaban J connectivity index is 1.65. The molecule has 0 N–H and O–H groups in total. The Morgan fingerprint density at radius 1 is 0.760 bits per heavy atom. The molecule has 4 aromatic carbocycles. The zero-order valence-electron chi connectivity index (χ0n) is 14.3. The molecular formula is C24H20O. The molecule has 1 nitrogen and oxygen atoms in total. The highest BCUT2D eigenvalue weighted by Gasteiger charge is 2.13. The van der Waals surface area contributed by atoms with Gasteiger partial charge in [0, 0.05) is 12.0 Å². The number of benzene rings is 4. The number of hydrogen-bond donors (Lipinski definition) is 0. The molecule has 25 heavy (non-hydrogen) atoms. The van der Waals surface area contributed by atoms with Crippen molar-refractivity contribution >= 4 is 27.3 Å². The van der Waals surface area contributed by atoms with Crippen molar-refractivity contribution in [3.05, 3.63) is 96.1 Å². The third kappa shape index (κ3) is 3.06. The van der Waals surface area contributed by atoms with Crippen LogP contribution in [-0.2, 0) is 0 Å². The van der Waals surface area contributed by atoms with Crippen molar-refractivity contribution in [2.45, 2.75) is 19.3 Å². The average molecular weight is 324 g/mol. The topological polar surface area (TPSA) is 17.1 Å². The summed E-state index contributed by atoms with van der Waals surface area (Å²) >= 11 is 0. The van der Waals surface area contributed by atoms with Crippen LogP contribution >= 0.6 is 0 Å². The Labute approximate surface area is 147 Å². The van der Waals surface area contributed by atoms with Crippen molar-refractivity contribution in [3.63, 3.8) is 0 Å². The van der Waals surface area contributed by atoms with Crippen LogP contribution in [0.4, 0.5) is 0 Å². The second-order valence-corrected chi connectivity index (χ2v) is 6.66. The van der Waals surface area contributed by atoms with Gasteiger partial charge in [0.1, 0.15) is 0 Å². The molecule has 0 aliphatic heterocycles. The summed E-state index contributed by atoms with van der Waals surface area (Å²) in [7, 11) is 0. The standard InChI is InChI=1S/C24H20O/c1-17(18-7-3-2-4-8-18)15-24(25)21-13-14-23-20(16-21)12-11-19-9-5-6-10-22(19)23/h2-14,16-17H,15H2,1H3. The second kappa shape index (κ2) is 6.52. The molecule has 0 spiro atoms. The van der Waals surface area contributed by atoms with Crippen molar-refractivity contribution in [2.75, 3.05) is 0 Å². The first-order valence-corrected chi connectivity index (χ1v) is 8.72. The smallest absolute Gasteiger partial charge is 0.163 e. The number of fused-ring (bicyclic) bond motifs is 3. The first-order valence-electron chi connectivity index (χ1n) is 8.72. The predicted molar refractivity (Wildman–Crippen MR) is 105 cm³/mol. The molecule has 0 amide bonds. The highest BCUT2D eigenvalue weighted by Crippen LogP contribution is 2.27. The summed E-state index contributed by atoms with van der Waals surface area (Å²) in [5.74, 6) is 0.424. The van der Waals surface area contributed by atoms with Crippen molar-refractivity contribution < 1.29 is 4.79 Å². The highest BCUT2D eigenvalue weighted by molar-refractivity contribution is 6.09. The lowest BCUT2D eigenvalue weighted by atomic mass is 9.92. The average Bonchev–Trinajstić information content (AvgIpc) is 2.68. The SMILES string of the molecule is CC(CC(=O)c1ccc2c(ccc3ccccc32)c1)c1ccccc1. The molecular weight excluding hydrogens is 304 g/mol. The number of carbonyl (C=O) groups is 1. The largest absolute Gasteiger partial charge is 0.294 e. The number of ketones is 1. The van der Waals surface area contributed by atoms with Crippen LogP contribution in [0.2, 0.25) is 0 Å². The van der Waals surface area contributed by atoms with E-state index in [9.17, 15) is 4.79 Å². The van der Waals surface area contributed by atoms with Crippen LogP contribution < -0.4 is 0 Å². The molecule has 0 radical (unpaired) electrons. The summed E-state index contributed by atoms with van der Waals surface area (Å²) in [6.07, 6.45) is 0.531. The quantitative estimate of drug-likeness (QED) is 0.315. The van der Waals surface area contributed by atoms with E-state index in [-0.39, 0.29) is 11.7 Å². The molecule has 0 aliphatic carbocycles. The molecule has 0 heterocycles. The zero-order chi connectivity index (χ0) is 17.2. The van der Waals surface area contributed by atoms with Gasteiger partial charge in [-0.1, -0.05) is 85.8 Å². The number of Topliss-reactive ketones (excluding diaryl/α,β-unsaturated/α-hetero) is 1. The van der Waals surface area contributed by atoms with Crippen molar-refractivity contribution in [1.29, 1.82) is 0 Å². The van der Waals surface area contributed by atoms with Gasteiger partial charge >= 0.3 is 0 Å². The van der Waals surface area contributed by atoms with E-state index in [2.05, 4.69) is 61.5 Å². The van der Waals surface area contributed by atoms with E-state index in [1.165, 1.54) is 21.7 Å². The first kappa shape index (κ1) is 15.6. The molecule has 0 aromatic heterocycles. The highest BCUT2D eigenvalue weighted by atomic mass is 16.1. The maximum absolute atomic E-state index is 12.7. The molecule has 122 valence electrons. The van der Waals surface area contributed by atoms with Gasteiger partial charge in [0.05, 0.1) is 0 Å². The Hall–Kier alpha value is -2.93. The lowest BCUT2D eigenvalue weighted by Crippen LogP contribution is -2.05. The van der Waals surface area contributed by atoms with Gasteiger partial charge in [-0.15, -0.1) is 0 Å². The third-order valence-electron chi connectivity index (χ3n) is 4.93. The second-order valence-electron chi connectivity index (χ2n) is 6.66. The van der Waals surface area contributed by atoms with E-state index in [0.717, 1.165) is 10.9 Å². The molecule has 1 atom stereocenters. The van der Waals surface area contributed by atoms with Gasteiger partial charge in [0.2, 0.25) is 0 Å². The van der Waals surface area contributed by atoms with E-state index in [0.29, 0.717) is 6.42 Å². The van der Waals surface area contributed by atoms with Gasteiger partial charge in [-0.25, -0.2) is 0 Å². The molecule has 1 unspecified atom stereocenters. The molecule has 0 fully saturated rings. The molecule has 0 saturated heterocycles. The Kier molecular flexibility index (Phi) is 4.07. The van der Waals surface area contributed by atoms with Gasteiger partial charge in [0.25, 0.3) is 0 Å². The van der Waals surface area contributed by atoms with Crippen LogP contribution in [0.1, 0.15) is 35.2 Å². The molecule has 4 rings (SSSR count). The van der Waals surface area contributed by atoms with E-state index in [1.807, 2.05) is 30.3 Å². The minimum Gasteiger partial charge on any atom is -0.294 e. The summed E-state index contributed by atoms with van der Waals surface area (Å²) in [6.45, 7) is 2.11. The molecule has 4 aromatic rings. The lowest BCUT2D eigenvalue weighted by molar-refractivity contribution is 0.0976. The van der Waals surface area contributed by atoms with Crippen LogP contribution in [0, 0.1) is 0 Å². The maximum Gasteiger partial charge on any atom is 0.163 e. The van der Waals surface area contributed by atoms with E-state index in [4.69, 9.17) is 0 Å². The number of carbonyl (C=O) groups excluding carboxylic acids is 1. The minimum absolute atomic E-state index is 0.200. The number of hydrogen-bond acceptors (Lipinski definition) is 1. The van der Waals surface area contributed by atoms with Gasteiger partial charge in [-0.2, -0.15) is 0 Å². The number of rotatable bonds is 4. The summed E-state index contributed by atoms with van der Waals surface area (Å²) in [4.78, 5) is 12.7. The fourth-order valence-electron chi connectivity index (χ4n) is 3.48. The van der Waals surface area contributed by atoms with Gasteiger partial charge < -0.3 is 0 Å². The lowest BCUT2D eigenvalue weighted by Gasteiger charge is -2.12. The Morgan fingerprint density at radius 2 is 1.44 bits per heavy atom. The summed E-state index contributed by atoms with van der Waals surface area (Å²) in [5.41, 5.74) is 2.01. The molecule has 0 aliphatic rings. The van der Waals surface area contributed by atoms with Crippen LogP contribution in [0.25, 0.3) is 21.5 Å². The fraction of sp³-hybridized carbons (Fsp3) is 0.125. The molecule has 1 heteroatoms. The molecule has 0 saturated carbocycles. The van der Waals surface area contributed by atoms with Crippen molar-refractivity contribution in [1.82, 2.24) is 0 Å². The first-order chi connectivity index (χ1) is 12.2. The molecule has 0 bridgehead atoms. The predicted octanol–water partition coefficient (Wildman–Crippen LogP) is 6.37. The van der Waals surface area contributed by atoms with E-state index >= 15 is 0 Å². The van der Waals surface area contributed by atoms with E-state index < -0.39 is 0 Å². The van der Waals surface area contributed by atoms with Crippen molar-refractivity contribution in [2.24, 2.45) is 0 Å². The fourth-order valence-corrected chi connectivity index (χ4v) is 3.48. The summed E-state index contributed by atoms with van der Waals surface area (Å²) in [6, 6.07) is 28.9. The van der Waals surface area contributed by atoms with E-state index in [1.54, 1.807) is 0 Å². The third-order valence-corrected chi connectivity index (χ3v) is 4.93. The van der Waals surface area contributed by atoms with Crippen molar-refractivity contribution in [3.8, 4) is 0 Å². The van der Waals surface area contributed by atoms with Crippen LogP contribution in [0.3, 0.4) is 0 Å². The zero-order valence-corrected chi connectivity index (χ0v) is 14.3. The maximum atomic E-state index is 12.7. The van der Waals surface area contributed by atoms with Crippen LogP contribution in [0.15, 0.2) is 84.9 Å². The van der Waals surface area contributed by atoms with Gasteiger partial charge in [-0.3, -0.25) is 4.79 Å². The minimum atomic E-state index is 0.200. The normalized spacial score (nSPS) is 12.4. The van der Waals surface area contributed by atoms with Gasteiger partial charge in [0.15, 0.2) is 5.78 Å².